The summed E-state index contributed by atoms with van der Waals surface area (Å²) >= 11 is 0. The van der Waals surface area contributed by atoms with Gasteiger partial charge in [0.05, 0.1) is 24.8 Å². The molecule has 1 amide bonds. The fraction of sp³-hybridized carbons (Fsp3) is 0.500. The lowest BCUT2D eigenvalue weighted by Gasteiger charge is -2.60. The van der Waals surface area contributed by atoms with Gasteiger partial charge in [0.15, 0.2) is 0 Å². The first-order valence-electron chi connectivity index (χ1n) is 25.8. The second-order valence-corrected chi connectivity index (χ2v) is 19.8. The Morgan fingerprint density at radius 1 is 0.870 bits per heavy atom. The molecule has 11 nitrogen and oxygen atoms in total. The van der Waals surface area contributed by atoms with E-state index < -0.39 is 24.0 Å². The van der Waals surface area contributed by atoms with Crippen LogP contribution in [0.5, 0.6) is 17.2 Å². The fourth-order valence-corrected chi connectivity index (χ4v) is 12.2. The summed E-state index contributed by atoms with van der Waals surface area (Å²) in [4.78, 5) is 35.8. The van der Waals surface area contributed by atoms with Crippen molar-refractivity contribution in [1.29, 1.82) is 0 Å². The number of carbonyl (C=O) groups excluding carboxylic acids is 2. The average Bonchev–Trinajstić information content (AvgIpc) is 3.91. The van der Waals surface area contributed by atoms with E-state index in [1.807, 2.05) is 24.3 Å². The maximum atomic E-state index is 15.5. The fourth-order valence-electron chi connectivity index (χ4n) is 12.2. The van der Waals surface area contributed by atoms with E-state index in [1.165, 1.54) is 12.8 Å². The third kappa shape index (κ3) is 10.9. The summed E-state index contributed by atoms with van der Waals surface area (Å²) in [6.07, 6.45) is 18.0. The van der Waals surface area contributed by atoms with Crippen molar-refractivity contribution in [3.63, 3.8) is 0 Å². The maximum absolute atomic E-state index is 15.5. The minimum Gasteiger partial charge on any atom is -0.459 e. The quantitative estimate of drug-likeness (QED) is 0.0341. The van der Waals surface area contributed by atoms with Crippen molar-refractivity contribution >= 4 is 28.7 Å². The van der Waals surface area contributed by atoms with Crippen LogP contribution in [-0.2, 0) is 25.7 Å². The molecule has 9 rings (SSSR count). The highest BCUT2D eigenvalue weighted by Gasteiger charge is 2.65. The largest absolute Gasteiger partial charge is 0.459 e. The van der Waals surface area contributed by atoms with Gasteiger partial charge in [-0.3, -0.25) is 9.59 Å². The Morgan fingerprint density at radius 2 is 1.65 bits per heavy atom. The number of aliphatic hydroxyl groups excluding tert-OH is 2. The van der Waals surface area contributed by atoms with Crippen LogP contribution in [0.3, 0.4) is 0 Å². The van der Waals surface area contributed by atoms with E-state index in [0.29, 0.717) is 67.6 Å². The summed E-state index contributed by atoms with van der Waals surface area (Å²) in [5, 5.41) is 27.5. The zero-order valence-electron chi connectivity index (χ0n) is 40.1. The molecular weight excluding hydrogens is 869 g/mol. The Kier molecular flexibility index (Phi) is 16.3. The summed E-state index contributed by atoms with van der Waals surface area (Å²) in [6, 6.07) is 27.1. The molecule has 7 unspecified atom stereocenters. The van der Waals surface area contributed by atoms with Gasteiger partial charge in [0.25, 0.3) is 0 Å². The predicted molar refractivity (Wildman–Crippen MR) is 267 cm³/mol. The first-order chi connectivity index (χ1) is 33.9. The van der Waals surface area contributed by atoms with E-state index in [0.717, 1.165) is 104 Å². The zero-order chi connectivity index (χ0) is 47.6. The third-order valence-electron chi connectivity index (χ3n) is 15.5. The zero-order valence-corrected chi connectivity index (χ0v) is 40.1. The van der Waals surface area contributed by atoms with Crippen LogP contribution in [0, 0.1) is 23.7 Å². The Morgan fingerprint density at radius 3 is 2.45 bits per heavy atom. The molecule has 366 valence electrons. The molecule has 2 heterocycles. The lowest BCUT2D eigenvalue weighted by Crippen LogP contribution is -2.70. The van der Waals surface area contributed by atoms with Crippen molar-refractivity contribution in [2.75, 3.05) is 26.4 Å². The number of oxime groups is 1. The maximum Gasteiger partial charge on any atom is 0.239 e. The smallest absolute Gasteiger partial charge is 0.239 e. The number of nitrogens with zero attached hydrogens (tertiary/aromatic N) is 2. The number of allylic oxidation sites excluding steroid dienone is 1. The van der Waals surface area contributed by atoms with Gasteiger partial charge in [-0.2, -0.15) is 0 Å². The molecule has 0 aromatic heterocycles. The molecule has 4 aromatic rings. The molecule has 2 aliphatic heterocycles. The van der Waals surface area contributed by atoms with Crippen LogP contribution in [0.1, 0.15) is 130 Å². The number of carbonyl (C=O) groups is 2. The van der Waals surface area contributed by atoms with Crippen molar-refractivity contribution in [1.82, 2.24) is 4.90 Å². The number of amides is 1. The van der Waals surface area contributed by atoms with E-state index in [2.05, 4.69) is 60.0 Å². The van der Waals surface area contributed by atoms with E-state index in [1.54, 1.807) is 24.3 Å². The number of hydrogen-bond acceptors (Lipinski definition) is 10. The second-order valence-electron chi connectivity index (χ2n) is 19.8. The number of rotatable bonds is 22. The normalized spacial score (nSPS) is 25.8. The number of aliphatic hydroxyl groups is 2. The van der Waals surface area contributed by atoms with Gasteiger partial charge in [0, 0.05) is 56.1 Å². The van der Waals surface area contributed by atoms with Gasteiger partial charge in [0.2, 0.25) is 18.0 Å². The van der Waals surface area contributed by atoms with Gasteiger partial charge in [-0.15, -0.1) is 6.58 Å². The number of fused-ring (bicyclic) bond motifs is 3. The topological polar surface area (TPSA) is 136 Å². The molecule has 0 spiro atoms. The highest BCUT2D eigenvalue weighted by Crippen LogP contribution is 2.62. The van der Waals surface area contributed by atoms with Crippen LogP contribution in [0.25, 0.3) is 10.8 Å². The third-order valence-corrected chi connectivity index (χ3v) is 15.5. The molecule has 3 fully saturated rings. The van der Waals surface area contributed by atoms with E-state index in [4.69, 9.17) is 28.9 Å². The summed E-state index contributed by atoms with van der Waals surface area (Å²) in [5.41, 5.74) is 4.23. The molecule has 3 aliphatic carbocycles. The molecule has 69 heavy (non-hydrogen) atoms. The van der Waals surface area contributed by atoms with Crippen LogP contribution in [0.15, 0.2) is 114 Å². The van der Waals surface area contributed by atoms with Crippen LogP contribution in [0.4, 0.5) is 0 Å². The lowest BCUT2D eigenvalue weighted by atomic mass is 9.55. The van der Waals surface area contributed by atoms with Crippen LogP contribution < -0.4 is 9.47 Å². The highest BCUT2D eigenvalue weighted by molar-refractivity contribution is 6.03. The number of hydrogen-bond donors (Lipinski definition) is 2. The van der Waals surface area contributed by atoms with Gasteiger partial charge < -0.3 is 38.9 Å². The van der Waals surface area contributed by atoms with Gasteiger partial charge in [-0.1, -0.05) is 110 Å². The molecule has 0 bridgehead atoms. The highest BCUT2D eigenvalue weighted by atomic mass is 16.8. The minimum absolute atomic E-state index is 0.0409. The Labute approximate surface area is 407 Å². The molecule has 2 saturated carbocycles. The van der Waals surface area contributed by atoms with Gasteiger partial charge in [0.1, 0.15) is 29.6 Å². The number of unbranched alkanes of at least 4 members (excludes halogenated alkanes) is 2. The molecule has 11 heteroatoms. The Bertz CT molecular complexity index is 2450. The van der Waals surface area contributed by atoms with E-state index >= 15 is 4.79 Å². The summed E-state index contributed by atoms with van der Waals surface area (Å²) in [6.45, 7) is 5.44. The van der Waals surface area contributed by atoms with Crippen LogP contribution >= 0.6 is 0 Å². The number of ether oxygens (including phenoxy) is 4. The first kappa shape index (κ1) is 48.7. The molecule has 4 aromatic carbocycles. The van der Waals surface area contributed by atoms with E-state index in [-0.39, 0.29) is 43.5 Å². The molecule has 2 N–H and O–H groups in total. The summed E-state index contributed by atoms with van der Waals surface area (Å²) in [7, 11) is 0. The monoisotopic (exact) mass is 939 g/mol. The second kappa shape index (κ2) is 23.1. The Hall–Kier alpha value is -5.33. The molecule has 7 atom stereocenters. The minimum atomic E-state index is -1.41. The SMILES string of the molecule is C=CCOC12Oc3ccc(Oc4cccc(C=O)c4)cc3C3C(CCCCO)C(CCCCO)C=C(C(=NOC4CCCCO4)CC1N(Cc1cccc4ccccc14)C(=O)CCC1CCCC1)C32. The molecule has 0 radical (unpaired) electrons. The number of benzene rings is 4. The van der Waals surface area contributed by atoms with Crippen molar-refractivity contribution in [3.8, 4) is 17.2 Å². The summed E-state index contributed by atoms with van der Waals surface area (Å²) in [5.74, 6) is 0.354. The Balaban J connectivity index is 1.25. The van der Waals surface area contributed by atoms with Gasteiger partial charge in [-0.05, 0) is 115 Å². The van der Waals surface area contributed by atoms with Gasteiger partial charge in [-0.25, -0.2) is 0 Å². The standard InChI is InChI=1S/C58H70N2O9/c1-2-32-66-58-53(60(54(64)29-26-40-15-3-4-16-40)38-44-21-14-20-42-18-5-6-23-47(42)44)37-51(59-69-55-25-9-12-33-65-55)49-35-43(19-7-10-30-61)48(24-8-11-31-62)56(57(49)58)50-36-46(27-28-52(50)68-58)67-45-22-13-17-41(34-45)39-63/h2,5-6,13-14,17-18,20-23,27-28,34-36,39-40,43,48,53,55-57,61-62H,1,3-4,7-12,15-16,19,24-26,29-33,37-38H2. The molecular formula is C58H70N2O9. The number of aldehydes is 1. The van der Waals surface area contributed by atoms with Crippen molar-refractivity contribution in [3.05, 3.63) is 126 Å². The predicted octanol–water partition coefficient (Wildman–Crippen LogP) is 11.6. The summed E-state index contributed by atoms with van der Waals surface area (Å²) < 4.78 is 27.6. The van der Waals surface area contributed by atoms with Crippen molar-refractivity contribution in [2.45, 2.75) is 133 Å². The molecule has 1 saturated heterocycles. The lowest BCUT2D eigenvalue weighted by molar-refractivity contribution is -0.258. The van der Waals surface area contributed by atoms with E-state index in [9.17, 15) is 15.0 Å². The van der Waals surface area contributed by atoms with Crippen LogP contribution in [-0.4, -0.2) is 77.6 Å². The van der Waals surface area contributed by atoms with Crippen molar-refractivity contribution in [2.24, 2.45) is 28.8 Å². The average molecular weight is 939 g/mol. The first-order valence-corrected chi connectivity index (χ1v) is 25.8. The van der Waals surface area contributed by atoms with Gasteiger partial charge >= 0.3 is 0 Å². The van der Waals surface area contributed by atoms with Crippen LogP contribution in [0.2, 0.25) is 0 Å². The van der Waals surface area contributed by atoms with Crippen molar-refractivity contribution < 1.29 is 43.6 Å². The molecule has 5 aliphatic rings.